The van der Waals surface area contributed by atoms with E-state index in [1.165, 1.54) is 48.5 Å². The second-order valence-corrected chi connectivity index (χ2v) is 23.1. The molecule has 0 fully saturated rings. The van der Waals surface area contributed by atoms with Crippen molar-refractivity contribution in [1.82, 2.24) is 0 Å². The highest BCUT2D eigenvalue weighted by molar-refractivity contribution is 7.86. The quantitative estimate of drug-likeness (QED) is 0.1000. The summed E-state index contributed by atoms with van der Waals surface area (Å²) in [4.78, 5) is -1.42. The monoisotopic (exact) mass is 866 g/mol. The molecule has 12 nitrogen and oxygen atoms in total. The summed E-state index contributed by atoms with van der Waals surface area (Å²) < 4.78 is 136. The van der Waals surface area contributed by atoms with E-state index in [1.807, 2.05) is 48.5 Å². The Hall–Kier alpha value is -4.44. The van der Waals surface area contributed by atoms with Crippen LogP contribution in [0.1, 0.15) is 11.1 Å². The van der Waals surface area contributed by atoms with Crippen LogP contribution in [0.5, 0.6) is 0 Å². The molecule has 2 aromatic heterocycles. The Bertz CT molecular complexity index is 3020. The number of hydrogen-bond acceptors (Lipinski definition) is 8. The van der Waals surface area contributed by atoms with Crippen molar-refractivity contribution in [3.63, 3.8) is 0 Å². The van der Waals surface area contributed by atoms with Crippen LogP contribution in [0, 0.1) is 0 Å². The van der Waals surface area contributed by atoms with Crippen molar-refractivity contribution in [3.8, 4) is 11.1 Å². The molecule has 8 aromatic rings. The van der Waals surface area contributed by atoms with Gasteiger partial charge in [-0.2, -0.15) is 33.7 Å². The predicted molar refractivity (Wildman–Crippen MR) is 218 cm³/mol. The second kappa shape index (κ2) is 13.6. The van der Waals surface area contributed by atoms with E-state index in [1.54, 1.807) is 24.3 Å². The molecule has 0 bridgehead atoms. The van der Waals surface area contributed by atoms with Crippen LogP contribution in [0.4, 0.5) is 0 Å². The van der Waals surface area contributed by atoms with Gasteiger partial charge in [-0.25, -0.2) is 0 Å². The topological polar surface area (TPSA) is 217 Å². The first-order valence-corrected chi connectivity index (χ1v) is 25.3. The zero-order chi connectivity index (χ0) is 39.9. The Morgan fingerprint density at radius 3 is 0.857 bits per heavy atom. The van der Waals surface area contributed by atoms with Crippen molar-refractivity contribution < 1.29 is 51.9 Å². The summed E-state index contributed by atoms with van der Waals surface area (Å²) in [6.07, 6.45) is 0.904. The second-order valence-electron chi connectivity index (χ2n) is 13.1. The van der Waals surface area contributed by atoms with Gasteiger partial charge in [0.25, 0.3) is 40.5 Å². The molecule has 0 atom stereocenters. The molecule has 2 heterocycles. The SMILES string of the molecule is O=S(=O)(O)c1ccc2c(c1)c1cc(S(=O)(=O)O)ccc1p2Cc1ccccc1-c1ccccc1Cp1c2ccc(S(=O)(=O)O)cc2c2cc(S(=O)(=O)O)ccc21. The summed E-state index contributed by atoms with van der Waals surface area (Å²) in [6, 6.07) is 32.4. The van der Waals surface area contributed by atoms with Gasteiger partial charge in [0.15, 0.2) is 0 Å². The fraction of sp³-hybridized carbons (Fsp3) is 0.0526. The molecular formula is C38H28O12P2S4. The minimum absolute atomic E-state index is 0.356. The zero-order valence-electron chi connectivity index (χ0n) is 28.5. The third-order valence-corrected chi connectivity index (χ3v) is 18.4. The summed E-state index contributed by atoms with van der Waals surface area (Å²) in [5.74, 6) is 0. The zero-order valence-corrected chi connectivity index (χ0v) is 33.6. The highest BCUT2D eigenvalue weighted by Crippen LogP contribution is 2.55. The Morgan fingerprint density at radius 2 is 0.607 bits per heavy atom. The van der Waals surface area contributed by atoms with E-state index in [9.17, 15) is 51.9 Å². The molecule has 286 valence electrons. The summed E-state index contributed by atoms with van der Waals surface area (Å²) in [7, 11) is -20.9. The Kier molecular flexibility index (Phi) is 9.33. The molecule has 0 spiro atoms. The maximum Gasteiger partial charge on any atom is 0.294 e. The standard InChI is InChI=1S/C38H28O12P2S4/c39-53(40,41)25-9-13-35-31(17-25)32-18-26(54(42,43)44)10-14-36(32)51(35)21-23-5-1-3-7-29(23)30-8-4-2-6-24(30)22-52-37-15-11-27(55(45,46)47)19-33(37)34-20-28(56(48,49)50)12-16-38(34)52/h1-20H,21-22H2,(H,39,40,41)(H,42,43,44)(H,45,46,47)(H,48,49,50). The van der Waals surface area contributed by atoms with Gasteiger partial charge in [-0.15, -0.1) is 15.1 Å². The molecule has 0 aliphatic heterocycles. The van der Waals surface area contributed by atoms with Crippen LogP contribution in [-0.2, 0) is 52.8 Å². The summed E-state index contributed by atoms with van der Waals surface area (Å²) in [6.45, 7) is 0. The Balaban J connectivity index is 1.29. The van der Waals surface area contributed by atoms with E-state index in [0.717, 1.165) is 42.7 Å². The molecule has 0 radical (unpaired) electrons. The lowest BCUT2D eigenvalue weighted by molar-refractivity contribution is 0.481. The van der Waals surface area contributed by atoms with Crippen molar-refractivity contribution in [1.29, 1.82) is 0 Å². The summed E-state index contributed by atoms with van der Waals surface area (Å²) in [5, 5.41) is 4.76. The Labute approximate surface area is 323 Å². The van der Waals surface area contributed by atoms with Crippen LogP contribution in [0.3, 0.4) is 0 Å². The lowest BCUT2D eigenvalue weighted by Gasteiger charge is -2.15. The van der Waals surface area contributed by atoms with Crippen molar-refractivity contribution in [2.75, 3.05) is 0 Å². The van der Waals surface area contributed by atoms with Crippen LogP contribution in [-0.4, -0.2) is 51.9 Å². The average Bonchev–Trinajstić information content (AvgIpc) is 3.61. The first-order chi connectivity index (χ1) is 26.3. The highest BCUT2D eigenvalue weighted by Gasteiger charge is 2.23. The van der Waals surface area contributed by atoms with E-state index < -0.39 is 55.5 Å². The normalized spacial score (nSPS) is 13.0. The van der Waals surface area contributed by atoms with Crippen molar-refractivity contribution in [3.05, 3.63) is 132 Å². The Morgan fingerprint density at radius 1 is 0.357 bits per heavy atom. The van der Waals surface area contributed by atoms with E-state index >= 15 is 0 Å². The maximum atomic E-state index is 12.1. The van der Waals surface area contributed by atoms with Crippen molar-refractivity contribution >= 4 is 97.6 Å². The lowest BCUT2D eigenvalue weighted by atomic mass is 9.97. The molecule has 18 heteroatoms. The van der Waals surface area contributed by atoms with Crippen molar-refractivity contribution in [2.24, 2.45) is 0 Å². The molecule has 0 unspecified atom stereocenters. The third-order valence-electron chi connectivity index (χ3n) is 9.79. The van der Waals surface area contributed by atoms with Gasteiger partial charge in [0, 0.05) is 32.8 Å². The van der Waals surface area contributed by atoms with Crippen LogP contribution < -0.4 is 0 Å². The lowest BCUT2D eigenvalue weighted by Crippen LogP contribution is -1.97. The molecule has 0 saturated heterocycles. The fourth-order valence-electron chi connectivity index (χ4n) is 7.29. The highest BCUT2D eigenvalue weighted by atomic mass is 32.2. The van der Waals surface area contributed by atoms with E-state index in [2.05, 4.69) is 0 Å². The van der Waals surface area contributed by atoms with Crippen molar-refractivity contribution in [2.45, 2.75) is 31.9 Å². The summed E-state index contributed by atoms with van der Waals surface area (Å²) in [5.41, 5.74) is 3.64. The van der Waals surface area contributed by atoms with Gasteiger partial charge in [-0.3, -0.25) is 18.2 Å². The number of benzene rings is 6. The van der Waals surface area contributed by atoms with Crippen LogP contribution in [0.25, 0.3) is 53.1 Å². The molecule has 6 aromatic carbocycles. The van der Waals surface area contributed by atoms with E-state index in [4.69, 9.17) is 0 Å². The molecule has 8 rings (SSSR count). The van der Waals surface area contributed by atoms with E-state index in [0.29, 0.717) is 33.9 Å². The maximum absolute atomic E-state index is 12.1. The molecule has 0 aliphatic rings. The van der Waals surface area contributed by atoms with E-state index in [-0.39, 0.29) is 19.6 Å². The van der Waals surface area contributed by atoms with Gasteiger partial charge >= 0.3 is 0 Å². The van der Waals surface area contributed by atoms with Crippen LogP contribution >= 0.6 is 15.1 Å². The minimum atomic E-state index is -4.59. The van der Waals surface area contributed by atoms with Crippen LogP contribution in [0.2, 0.25) is 0 Å². The largest absolute Gasteiger partial charge is 0.294 e. The van der Waals surface area contributed by atoms with Gasteiger partial charge in [-0.05, 0) is 117 Å². The number of fused-ring (bicyclic) bond motifs is 6. The predicted octanol–water partition coefficient (Wildman–Crippen LogP) is 9.02. The fourth-order valence-corrected chi connectivity index (χ4v) is 14.7. The van der Waals surface area contributed by atoms with Gasteiger partial charge in [0.2, 0.25) is 0 Å². The molecule has 4 N–H and O–H groups in total. The number of rotatable bonds is 9. The smallest absolute Gasteiger partial charge is 0.282 e. The molecule has 0 aliphatic carbocycles. The molecular weight excluding hydrogens is 839 g/mol. The molecule has 56 heavy (non-hydrogen) atoms. The number of hydrogen-bond donors (Lipinski definition) is 4. The average molecular weight is 867 g/mol. The first-order valence-electron chi connectivity index (χ1n) is 16.5. The third kappa shape index (κ3) is 6.96. The van der Waals surface area contributed by atoms with Crippen LogP contribution in [0.15, 0.2) is 141 Å². The van der Waals surface area contributed by atoms with Gasteiger partial charge < -0.3 is 0 Å². The molecule has 0 amide bonds. The summed E-state index contributed by atoms with van der Waals surface area (Å²) >= 11 is 0. The molecule has 0 saturated carbocycles. The first kappa shape index (κ1) is 38.4. The van der Waals surface area contributed by atoms with Gasteiger partial charge in [0.1, 0.15) is 0 Å². The van der Waals surface area contributed by atoms with Gasteiger partial charge in [-0.1, -0.05) is 48.5 Å². The minimum Gasteiger partial charge on any atom is -0.282 e. The van der Waals surface area contributed by atoms with Gasteiger partial charge in [0.05, 0.1) is 19.6 Å².